The summed E-state index contributed by atoms with van der Waals surface area (Å²) in [7, 11) is 1.27. The van der Waals surface area contributed by atoms with Crippen LogP contribution < -0.4 is 5.32 Å². The Kier molecular flexibility index (Phi) is 4.42. The van der Waals surface area contributed by atoms with E-state index < -0.39 is 11.8 Å². The summed E-state index contributed by atoms with van der Waals surface area (Å²) in [5, 5.41) is 3.83. The number of benzene rings is 2. The lowest BCUT2D eigenvalue weighted by Gasteiger charge is -2.12. The molecule has 122 valence electrons. The Morgan fingerprint density at radius 1 is 1.21 bits per heavy atom. The minimum absolute atomic E-state index is 0.0581. The Labute approximate surface area is 139 Å². The number of esters is 1. The van der Waals surface area contributed by atoms with Gasteiger partial charge in [-0.05, 0) is 36.2 Å². The van der Waals surface area contributed by atoms with Crippen molar-refractivity contribution in [3.63, 3.8) is 0 Å². The van der Waals surface area contributed by atoms with Gasteiger partial charge in [-0.2, -0.15) is 0 Å². The molecule has 3 rings (SSSR count). The lowest BCUT2D eigenvalue weighted by molar-refractivity contribution is 0.0594. The minimum atomic E-state index is -0.607. The van der Waals surface area contributed by atoms with E-state index in [1.807, 2.05) is 24.3 Å². The first-order valence-electron chi connectivity index (χ1n) is 7.66. The number of halogens is 1. The molecular formula is C19H17FN2O2. The van der Waals surface area contributed by atoms with E-state index in [0.717, 1.165) is 12.1 Å². The third kappa shape index (κ3) is 3.06. The highest BCUT2D eigenvalue weighted by atomic mass is 19.1. The monoisotopic (exact) mass is 324 g/mol. The van der Waals surface area contributed by atoms with Crippen molar-refractivity contribution in [3.8, 4) is 0 Å². The average molecular weight is 324 g/mol. The number of aromatic nitrogens is 1. The first kappa shape index (κ1) is 15.9. The Morgan fingerprint density at radius 2 is 1.96 bits per heavy atom. The number of para-hydroxylation sites is 1. The Morgan fingerprint density at radius 3 is 2.62 bits per heavy atom. The van der Waals surface area contributed by atoms with E-state index in [4.69, 9.17) is 4.74 Å². The van der Waals surface area contributed by atoms with E-state index in [0.29, 0.717) is 11.1 Å². The second-order valence-corrected chi connectivity index (χ2v) is 5.36. The summed E-state index contributed by atoms with van der Waals surface area (Å²) in [6.07, 6.45) is 0.955. The van der Waals surface area contributed by atoms with Gasteiger partial charge in [-0.1, -0.05) is 31.2 Å². The van der Waals surface area contributed by atoms with Gasteiger partial charge in [-0.25, -0.2) is 14.2 Å². The predicted molar refractivity (Wildman–Crippen MR) is 92.1 cm³/mol. The number of pyridine rings is 1. The van der Waals surface area contributed by atoms with Gasteiger partial charge in [0.25, 0.3) is 0 Å². The zero-order chi connectivity index (χ0) is 17.1. The van der Waals surface area contributed by atoms with E-state index in [-0.39, 0.29) is 11.2 Å². The molecule has 4 nitrogen and oxygen atoms in total. The van der Waals surface area contributed by atoms with Crippen LogP contribution in [0.25, 0.3) is 10.9 Å². The van der Waals surface area contributed by atoms with Crippen LogP contribution in [-0.2, 0) is 11.2 Å². The number of nitrogens with one attached hydrogen (secondary N) is 1. The molecule has 1 heterocycles. The number of hydrogen-bond acceptors (Lipinski definition) is 4. The Balaban J connectivity index is 2.10. The summed E-state index contributed by atoms with van der Waals surface area (Å²) in [4.78, 5) is 15.9. The molecule has 1 N–H and O–H groups in total. The summed E-state index contributed by atoms with van der Waals surface area (Å²) >= 11 is 0. The van der Waals surface area contributed by atoms with Crippen molar-refractivity contribution in [2.75, 3.05) is 12.4 Å². The SMILES string of the molecule is CCc1ccc(Nc2cc(C(=O)OC)nc3c(F)cccc23)cc1. The summed E-state index contributed by atoms with van der Waals surface area (Å²) < 4.78 is 18.8. The van der Waals surface area contributed by atoms with Crippen molar-refractivity contribution in [3.05, 3.63) is 65.6 Å². The number of carbonyl (C=O) groups is 1. The van der Waals surface area contributed by atoms with E-state index >= 15 is 0 Å². The highest BCUT2D eigenvalue weighted by molar-refractivity contribution is 5.98. The topological polar surface area (TPSA) is 51.2 Å². The predicted octanol–water partition coefficient (Wildman–Crippen LogP) is 4.47. The highest BCUT2D eigenvalue weighted by Crippen LogP contribution is 2.28. The molecule has 0 bridgehead atoms. The van der Waals surface area contributed by atoms with Crippen LogP contribution >= 0.6 is 0 Å². The van der Waals surface area contributed by atoms with Crippen molar-refractivity contribution in [1.29, 1.82) is 0 Å². The van der Waals surface area contributed by atoms with Gasteiger partial charge < -0.3 is 10.1 Å². The lowest BCUT2D eigenvalue weighted by Crippen LogP contribution is -2.06. The van der Waals surface area contributed by atoms with Crippen LogP contribution in [0.5, 0.6) is 0 Å². The first-order valence-corrected chi connectivity index (χ1v) is 7.66. The molecule has 2 aromatic carbocycles. The lowest BCUT2D eigenvalue weighted by atomic mass is 10.1. The zero-order valence-electron chi connectivity index (χ0n) is 13.5. The fourth-order valence-electron chi connectivity index (χ4n) is 2.51. The molecule has 3 aromatic rings. The number of methoxy groups -OCH3 is 1. The van der Waals surface area contributed by atoms with Crippen LogP contribution in [0.2, 0.25) is 0 Å². The van der Waals surface area contributed by atoms with Crippen molar-refractivity contribution < 1.29 is 13.9 Å². The number of anilines is 2. The van der Waals surface area contributed by atoms with E-state index in [9.17, 15) is 9.18 Å². The number of carbonyl (C=O) groups excluding carboxylic acids is 1. The third-order valence-corrected chi connectivity index (χ3v) is 3.83. The van der Waals surface area contributed by atoms with Crippen molar-refractivity contribution in [2.45, 2.75) is 13.3 Å². The van der Waals surface area contributed by atoms with E-state index in [2.05, 4.69) is 17.2 Å². The molecule has 0 fully saturated rings. The normalized spacial score (nSPS) is 10.6. The molecule has 0 aliphatic carbocycles. The van der Waals surface area contributed by atoms with Gasteiger partial charge >= 0.3 is 5.97 Å². The molecule has 0 aliphatic heterocycles. The second kappa shape index (κ2) is 6.66. The molecular weight excluding hydrogens is 307 g/mol. The van der Waals surface area contributed by atoms with Crippen molar-refractivity contribution >= 4 is 28.2 Å². The van der Waals surface area contributed by atoms with Crippen LogP contribution in [0.1, 0.15) is 23.0 Å². The minimum Gasteiger partial charge on any atom is -0.464 e. The van der Waals surface area contributed by atoms with Gasteiger partial charge in [0.05, 0.1) is 12.8 Å². The zero-order valence-corrected chi connectivity index (χ0v) is 13.5. The molecule has 0 atom stereocenters. The fraction of sp³-hybridized carbons (Fsp3) is 0.158. The van der Waals surface area contributed by atoms with Crippen LogP contribution in [0, 0.1) is 5.82 Å². The number of aryl methyl sites for hydroxylation is 1. The maximum atomic E-state index is 14.1. The van der Waals surface area contributed by atoms with Gasteiger partial charge in [0.1, 0.15) is 11.3 Å². The molecule has 5 heteroatoms. The second-order valence-electron chi connectivity index (χ2n) is 5.36. The number of nitrogens with zero attached hydrogens (tertiary/aromatic N) is 1. The van der Waals surface area contributed by atoms with Gasteiger partial charge in [-0.3, -0.25) is 0 Å². The summed E-state index contributed by atoms with van der Waals surface area (Å²) in [6.45, 7) is 2.09. The standard InChI is InChI=1S/C19H17FN2O2/c1-3-12-7-9-13(10-8-12)21-16-11-17(19(23)24-2)22-18-14(16)5-4-6-15(18)20/h4-11H,3H2,1-2H3,(H,21,22). The van der Waals surface area contributed by atoms with Crippen LogP contribution in [0.4, 0.5) is 15.8 Å². The quantitative estimate of drug-likeness (QED) is 0.720. The first-order chi connectivity index (χ1) is 11.6. The van der Waals surface area contributed by atoms with Crippen molar-refractivity contribution in [1.82, 2.24) is 4.98 Å². The summed E-state index contributed by atoms with van der Waals surface area (Å²) in [6, 6.07) is 14.2. The number of hydrogen-bond donors (Lipinski definition) is 1. The maximum Gasteiger partial charge on any atom is 0.356 e. The van der Waals surface area contributed by atoms with Crippen LogP contribution in [-0.4, -0.2) is 18.1 Å². The van der Waals surface area contributed by atoms with Crippen LogP contribution in [0.3, 0.4) is 0 Å². The molecule has 0 radical (unpaired) electrons. The largest absolute Gasteiger partial charge is 0.464 e. The highest BCUT2D eigenvalue weighted by Gasteiger charge is 2.14. The number of fused-ring (bicyclic) bond motifs is 1. The molecule has 0 unspecified atom stereocenters. The van der Waals surface area contributed by atoms with Gasteiger partial charge in [0, 0.05) is 11.1 Å². The molecule has 0 saturated heterocycles. The maximum absolute atomic E-state index is 14.1. The van der Waals surface area contributed by atoms with E-state index in [1.165, 1.54) is 18.7 Å². The van der Waals surface area contributed by atoms with Crippen LogP contribution in [0.15, 0.2) is 48.5 Å². The Bertz CT molecular complexity index is 892. The summed E-state index contributed by atoms with van der Waals surface area (Å²) in [5.74, 6) is -1.09. The fourth-order valence-corrected chi connectivity index (χ4v) is 2.51. The molecule has 24 heavy (non-hydrogen) atoms. The number of ether oxygens (including phenoxy) is 1. The van der Waals surface area contributed by atoms with E-state index in [1.54, 1.807) is 18.2 Å². The summed E-state index contributed by atoms with van der Waals surface area (Å²) in [5.41, 5.74) is 2.86. The average Bonchev–Trinajstić information content (AvgIpc) is 2.62. The molecule has 0 spiro atoms. The van der Waals surface area contributed by atoms with Gasteiger partial charge in [0.15, 0.2) is 5.69 Å². The molecule has 0 aliphatic rings. The molecule has 1 aromatic heterocycles. The molecule has 0 amide bonds. The smallest absolute Gasteiger partial charge is 0.356 e. The number of rotatable bonds is 4. The van der Waals surface area contributed by atoms with Crippen molar-refractivity contribution in [2.24, 2.45) is 0 Å². The molecule has 0 saturated carbocycles. The third-order valence-electron chi connectivity index (χ3n) is 3.83. The van der Waals surface area contributed by atoms with Gasteiger partial charge in [-0.15, -0.1) is 0 Å². The Hall–Kier alpha value is -2.95. The van der Waals surface area contributed by atoms with Gasteiger partial charge in [0.2, 0.25) is 0 Å².